The Kier molecular flexibility index (Phi) is 7.14. The second-order valence-electron chi connectivity index (χ2n) is 2.20. The maximum Gasteiger partial charge on any atom is 0.322 e. The van der Waals surface area contributed by atoms with E-state index in [2.05, 4.69) is 4.74 Å². The van der Waals surface area contributed by atoms with Gasteiger partial charge in [0, 0.05) is 0 Å². The van der Waals surface area contributed by atoms with Crippen LogP contribution in [0.25, 0.3) is 0 Å². The Hall–Kier alpha value is -0.370. The molecule has 1 atom stereocenters. The first-order valence-corrected chi connectivity index (χ1v) is 4.76. The van der Waals surface area contributed by atoms with Crippen LogP contribution in [0.2, 0.25) is 0 Å². The molecule has 0 saturated heterocycles. The molecule has 0 radical (unpaired) electrons. The van der Waals surface area contributed by atoms with Crippen molar-refractivity contribution in [3.8, 4) is 0 Å². The molecule has 0 heterocycles. The van der Waals surface area contributed by atoms with Gasteiger partial charge in [0.2, 0.25) is 0 Å². The van der Waals surface area contributed by atoms with Crippen LogP contribution in [0.15, 0.2) is 0 Å². The standard InChI is InChI=1S/C5H11NO5S.ClH/c1-11-5(7)4(6)2-3-12(8,9)10;/h4H,2-3,6H2,1H3,(H,8,9,10);1H/t4-;/m0./s1. The number of ether oxygens (including phenoxy) is 1. The Labute approximate surface area is 82.6 Å². The number of hydrogen-bond donors (Lipinski definition) is 2. The van der Waals surface area contributed by atoms with Gasteiger partial charge < -0.3 is 10.5 Å². The average molecular weight is 234 g/mol. The first-order valence-electron chi connectivity index (χ1n) is 3.15. The van der Waals surface area contributed by atoms with Crippen molar-refractivity contribution in [3.05, 3.63) is 0 Å². The summed E-state index contributed by atoms with van der Waals surface area (Å²) in [6.45, 7) is 0. The predicted octanol–water partition coefficient (Wildman–Crippen LogP) is -0.814. The Bertz CT molecular complexity index is 252. The Morgan fingerprint density at radius 2 is 2.08 bits per heavy atom. The van der Waals surface area contributed by atoms with Crippen LogP contribution >= 0.6 is 12.4 Å². The van der Waals surface area contributed by atoms with Gasteiger partial charge in [-0.05, 0) is 6.42 Å². The van der Waals surface area contributed by atoms with E-state index < -0.39 is 27.9 Å². The van der Waals surface area contributed by atoms with Crippen molar-refractivity contribution in [1.82, 2.24) is 0 Å². The summed E-state index contributed by atoms with van der Waals surface area (Å²) in [5.41, 5.74) is 5.18. The third-order valence-corrected chi connectivity index (χ3v) is 1.94. The summed E-state index contributed by atoms with van der Waals surface area (Å²) in [5.74, 6) is -1.23. The van der Waals surface area contributed by atoms with Crippen molar-refractivity contribution >= 4 is 28.5 Å². The zero-order chi connectivity index (χ0) is 9.78. The van der Waals surface area contributed by atoms with Crippen molar-refractivity contribution < 1.29 is 22.5 Å². The molecule has 0 unspecified atom stereocenters. The molecule has 0 bridgehead atoms. The average Bonchev–Trinajstić information content (AvgIpc) is 1.97. The SMILES string of the molecule is COC(=O)[C@@H](N)CCS(=O)(=O)O.Cl. The first-order chi connectivity index (χ1) is 5.37. The molecule has 0 saturated carbocycles. The molecule has 0 fully saturated rings. The molecule has 13 heavy (non-hydrogen) atoms. The summed E-state index contributed by atoms with van der Waals surface area (Å²) in [7, 11) is -2.90. The highest BCUT2D eigenvalue weighted by molar-refractivity contribution is 7.85. The minimum absolute atomic E-state index is 0. The fourth-order valence-electron chi connectivity index (χ4n) is 0.545. The summed E-state index contributed by atoms with van der Waals surface area (Å²) < 4.78 is 32.9. The molecule has 0 aliphatic carbocycles. The van der Waals surface area contributed by atoms with Gasteiger partial charge in [0.15, 0.2) is 0 Å². The summed E-state index contributed by atoms with van der Waals surface area (Å²) in [6, 6.07) is -1.00. The highest BCUT2D eigenvalue weighted by atomic mass is 35.5. The summed E-state index contributed by atoms with van der Waals surface area (Å²) >= 11 is 0. The van der Waals surface area contributed by atoms with E-state index in [9.17, 15) is 13.2 Å². The topological polar surface area (TPSA) is 107 Å². The van der Waals surface area contributed by atoms with E-state index in [0.717, 1.165) is 7.11 Å². The number of nitrogens with two attached hydrogens (primary N) is 1. The predicted molar refractivity (Wildman–Crippen MR) is 48.3 cm³/mol. The lowest BCUT2D eigenvalue weighted by Crippen LogP contribution is -2.33. The van der Waals surface area contributed by atoms with Crippen LogP contribution in [0.4, 0.5) is 0 Å². The Morgan fingerprint density at radius 1 is 1.62 bits per heavy atom. The monoisotopic (exact) mass is 233 g/mol. The van der Waals surface area contributed by atoms with Gasteiger partial charge in [0.25, 0.3) is 10.1 Å². The van der Waals surface area contributed by atoms with Crippen LogP contribution in [-0.2, 0) is 19.6 Å². The Balaban J connectivity index is 0. The Morgan fingerprint density at radius 3 is 2.38 bits per heavy atom. The normalized spacial score (nSPS) is 12.8. The van der Waals surface area contributed by atoms with Crippen molar-refractivity contribution in [2.45, 2.75) is 12.5 Å². The van der Waals surface area contributed by atoms with Gasteiger partial charge in [0.05, 0.1) is 12.9 Å². The molecule has 0 rings (SSSR count). The fourth-order valence-corrected chi connectivity index (χ4v) is 1.10. The van der Waals surface area contributed by atoms with Crippen LogP contribution in [0.5, 0.6) is 0 Å². The van der Waals surface area contributed by atoms with E-state index in [0.29, 0.717) is 0 Å². The zero-order valence-electron chi connectivity index (χ0n) is 6.97. The number of methoxy groups -OCH3 is 1. The van der Waals surface area contributed by atoms with Crippen LogP contribution in [0.1, 0.15) is 6.42 Å². The molecular weight excluding hydrogens is 222 g/mol. The minimum Gasteiger partial charge on any atom is -0.468 e. The zero-order valence-corrected chi connectivity index (χ0v) is 8.60. The van der Waals surface area contributed by atoms with Gasteiger partial charge in [-0.2, -0.15) is 8.42 Å². The molecule has 3 N–H and O–H groups in total. The summed E-state index contributed by atoms with van der Waals surface area (Å²) in [4.78, 5) is 10.6. The highest BCUT2D eigenvalue weighted by Gasteiger charge is 2.16. The second-order valence-corrected chi connectivity index (χ2v) is 3.78. The van der Waals surface area contributed by atoms with Crippen LogP contribution in [0.3, 0.4) is 0 Å². The molecule has 0 amide bonds. The van der Waals surface area contributed by atoms with E-state index in [4.69, 9.17) is 10.3 Å². The lowest BCUT2D eigenvalue weighted by Gasteiger charge is -2.06. The number of carbonyl (C=O) groups excluding carboxylic acids is 1. The number of rotatable bonds is 4. The van der Waals surface area contributed by atoms with E-state index in [1.54, 1.807) is 0 Å². The van der Waals surface area contributed by atoms with E-state index in [1.165, 1.54) is 0 Å². The minimum atomic E-state index is -4.05. The maximum absolute atomic E-state index is 10.6. The van der Waals surface area contributed by atoms with Gasteiger partial charge in [-0.1, -0.05) is 0 Å². The van der Waals surface area contributed by atoms with Crippen molar-refractivity contribution in [2.24, 2.45) is 5.73 Å². The molecule has 8 heteroatoms. The molecule has 80 valence electrons. The highest BCUT2D eigenvalue weighted by Crippen LogP contribution is 1.94. The smallest absolute Gasteiger partial charge is 0.322 e. The molecular formula is C5H12ClNO5S. The number of halogens is 1. The van der Waals surface area contributed by atoms with Crippen molar-refractivity contribution in [1.29, 1.82) is 0 Å². The van der Waals surface area contributed by atoms with Crippen molar-refractivity contribution in [3.63, 3.8) is 0 Å². The van der Waals surface area contributed by atoms with E-state index in [-0.39, 0.29) is 18.8 Å². The van der Waals surface area contributed by atoms with Gasteiger partial charge in [-0.25, -0.2) is 0 Å². The number of hydrogen-bond acceptors (Lipinski definition) is 5. The molecule has 0 aliphatic rings. The summed E-state index contributed by atoms with van der Waals surface area (Å²) in [5, 5.41) is 0. The lowest BCUT2D eigenvalue weighted by molar-refractivity contribution is -0.142. The third-order valence-electron chi connectivity index (χ3n) is 1.19. The molecule has 0 aromatic rings. The number of esters is 1. The van der Waals surface area contributed by atoms with Crippen LogP contribution in [0, 0.1) is 0 Å². The molecule has 0 aromatic carbocycles. The largest absolute Gasteiger partial charge is 0.468 e. The van der Waals surface area contributed by atoms with E-state index in [1.807, 2.05) is 0 Å². The molecule has 0 aliphatic heterocycles. The van der Waals surface area contributed by atoms with Crippen molar-refractivity contribution in [2.75, 3.05) is 12.9 Å². The molecule has 0 aromatic heterocycles. The van der Waals surface area contributed by atoms with Crippen LogP contribution < -0.4 is 5.73 Å². The molecule has 6 nitrogen and oxygen atoms in total. The van der Waals surface area contributed by atoms with E-state index >= 15 is 0 Å². The third kappa shape index (κ3) is 7.97. The number of carbonyl (C=O) groups is 1. The van der Waals surface area contributed by atoms with Gasteiger partial charge in [-0.3, -0.25) is 9.35 Å². The lowest BCUT2D eigenvalue weighted by atomic mass is 10.2. The van der Waals surface area contributed by atoms with Crippen LogP contribution in [-0.4, -0.2) is 37.8 Å². The quantitative estimate of drug-likeness (QED) is 0.486. The van der Waals surface area contributed by atoms with Gasteiger partial charge in [-0.15, -0.1) is 12.4 Å². The van der Waals surface area contributed by atoms with Gasteiger partial charge in [0.1, 0.15) is 6.04 Å². The van der Waals surface area contributed by atoms with Gasteiger partial charge >= 0.3 is 5.97 Å². The second kappa shape index (κ2) is 6.14. The first kappa shape index (κ1) is 15.1. The molecule has 0 spiro atoms. The maximum atomic E-state index is 10.6. The summed E-state index contributed by atoms with van der Waals surface area (Å²) in [6.07, 6.45) is -0.147. The fraction of sp³-hybridized carbons (Fsp3) is 0.800.